The lowest BCUT2D eigenvalue weighted by molar-refractivity contribution is -0.121. The summed E-state index contributed by atoms with van der Waals surface area (Å²) in [6.45, 7) is 6.13. The third-order valence-corrected chi connectivity index (χ3v) is 7.24. The van der Waals surface area contributed by atoms with Gasteiger partial charge in [0.25, 0.3) is 5.91 Å². The van der Waals surface area contributed by atoms with E-state index in [-0.39, 0.29) is 29.4 Å². The topological polar surface area (TPSA) is 110 Å². The van der Waals surface area contributed by atoms with Gasteiger partial charge in [-0.3, -0.25) is 9.59 Å². The number of carbonyl (C=O) groups is 2. The van der Waals surface area contributed by atoms with Gasteiger partial charge in [-0.25, -0.2) is 9.97 Å². The van der Waals surface area contributed by atoms with Crippen molar-refractivity contribution in [1.29, 1.82) is 0 Å². The van der Waals surface area contributed by atoms with Crippen molar-refractivity contribution >= 4 is 46.0 Å². The predicted molar refractivity (Wildman–Crippen MR) is 142 cm³/mol. The molecule has 1 aliphatic carbocycles. The summed E-state index contributed by atoms with van der Waals surface area (Å²) < 4.78 is 11.6. The first-order valence-electron chi connectivity index (χ1n) is 13.0. The van der Waals surface area contributed by atoms with Crippen molar-refractivity contribution in [2.75, 3.05) is 23.7 Å². The molecule has 196 valence electrons. The van der Waals surface area contributed by atoms with Gasteiger partial charge in [0.2, 0.25) is 17.5 Å². The standard InChI is InChI=1S/C27H32ClN5O4/c1-16(2)36-22-12-10-20-23(31-22)24(25(37-20)27(35)30-21-11-7-18(28)15-29-21)32-26(34)17-5-8-19(9-6-17)33-13-3-4-14-33/h7,10-12,15-17,19H,3-6,8-9,13-14H2,1-2H3,(H,32,34)(H,29,30,35). The lowest BCUT2D eigenvalue weighted by Crippen LogP contribution is -2.38. The number of amides is 2. The van der Waals surface area contributed by atoms with Crippen LogP contribution in [0.25, 0.3) is 11.1 Å². The molecule has 0 spiro atoms. The molecule has 0 aromatic carbocycles. The Morgan fingerprint density at radius 1 is 1.08 bits per heavy atom. The summed E-state index contributed by atoms with van der Waals surface area (Å²) in [5.74, 6) is -0.154. The van der Waals surface area contributed by atoms with E-state index in [1.54, 1.807) is 24.3 Å². The first-order valence-corrected chi connectivity index (χ1v) is 13.3. The van der Waals surface area contributed by atoms with Gasteiger partial charge in [0, 0.05) is 24.2 Å². The Hall–Kier alpha value is -3.17. The summed E-state index contributed by atoms with van der Waals surface area (Å²) in [5.41, 5.74) is 0.979. The number of hydrogen-bond acceptors (Lipinski definition) is 7. The van der Waals surface area contributed by atoms with Gasteiger partial charge in [0.1, 0.15) is 17.0 Å². The fourth-order valence-electron chi connectivity index (χ4n) is 5.20. The number of likely N-dealkylation sites (tertiary alicyclic amines) is 1. The van der Waals surface area contributed by atoms with Crippen LogP contribution in [0, 0.1) is 5.92 Å². The Morgan fingerprint density at radius 3 is 2.51 bits per heavy atom. The van der Waals surface area contributed by atoms with Crippen LogP contribution in [0.4, 0.5) is 11.5 Å². The van der Waals surface area contributed by atoms with Crippen LogP contribution in [0.2, 0.25) is 5.02 Å². The highest BCUT2D eigenvalue weighted by Crippen LogP contribution is 2.35. The van der Waals surface area contributed by atoms with Crippen LogP contribution in [-0.4, -0.2) is 51.9 Å². The highest BCUT2D eigenvalue weighted by molar-refractivity contribution is 6.30. The molecule has 37 heavy (non-hydrogen) atoms. The third kappa shape index (κ3) is 5.88. The zero-order valence-electron chi connectivity index (χ0n) is 21.1. The molecule has 2 amide bonds. The first-order chi connectivity index (χ1) is 17.9. The van der Waals surface area contributed by atoms with E-state index >= 15 is 0 Å². The van der Waals surface area contributed by atoms with Crippen molar-refractivity contribution in [2.24, 2.45) is 5.92 Å². The van der Waals surface area contributed by atoms with Gasteiger partial charge in [-0.05, 0) is 83.7 Å². The zero-order chi connectivity index (χ0) is 25.9. The van der Waals surface area contributed by atoms with E-state index < -0.39 is 5.91 Å². The largest absolute Gasteiger partial charge is 0.475 e. The lowest BCUT2D eigenvalue weighted by atomic mass is 9.85. The van der Waals surface area contributed by atoms with Crippen molar-refractivity contribution < 1.29 is 18.7 Å². The summed E-state index contributed by atoms with van der Waals surface area (Å²) in [6, 6.07) is 7.15. The normalized spacial score (nSPS) is 20.3. The number of rotatable bonds is 7. The van der Waals surface area contributed by atoms with Crippen LogP contribution < -0.4 is 15.4 Å². The molecule has 0 unspecified atom stereocenters. The molecule has 4 heterocycles. The first kappa shape index (κ1) is 25.5. The van der Waals surface area contributed by atoms with Crippen LogP contribution in [0.1, 0.15) is 62.9 Å². The molecular formula is C27H32ClN5O4. The fraction of sp³-hybridized carbons (Fsp3) is 0.481. The number of aromatic nitrogens is 2. The van der Waals surface area contributed by atoms with Gasteiger partial charge in [-0.1, -0.05) is 11.6 Å². The van der Waals surface area contributed by atoms with Gasteiger partial charge in [0.05, 0.1) is 11.1 Å². The van der Waals surface area contributed by atoms with Crippen molar-refractivity contribution in [3.8, 4) is 5.88 Å². The molecule has 9 nitrogen and oxygen atoms in total. The van der Waals surface area contributed by atoms with Crippen LogP contribution in [-0.2, 0) is 4.79 Å². The highest BCUT2D eigenvalue weighted by Gasteiger charge is 2.32. The molecule has 2 fully saturated rings. The smallest absolute Gasteiger partial charge is 0.294 e. The summed E-state index contributed by atoms with van der Waals surface area (Å²) in [6.07, 6.45) is 7.52. The Balaban J connectivity index is 1.38. The molecule has 3 aromatic heterocycles. The molecule has 0 radical (unpaired) electrons. The van der Waals surface area contributed by atoms with Crippen molar-refractivity contribution in [3.63, 3.8) is 0 Å². The van der Waals surface area contributed by atoms with Gasteiger partial charge < -0.3 is 24.7 Å². The fourth-order valence-corrected chi connectivity index (χ4v) is 5.31. The molecule has 1 aliphatic heterocycles. The Labute approximate surface area is 220 Å². The number of halogens is 1. The minimum atomic E-state index is -0.549. The van der Waals surface area contributed by atoms with Crippen LogP contribution >= 0.6 is 11.6 Å². The molecule has 0 atom stereocenters. The molecular weight excluding hydrogens is 494 g/mol. The summed E-state index contributed by atoms with van der Waals surface area (Å²) >= 11 is 5.91. The highest BCUT2D eigenvalue weighted by atomic mass is 35.5. The second kappa shape index (κ2) is 11.1. The molecule has 2 aliphatic rings. The monoisotopic (exact) mass is 525 g/mol. The summed E-state index contributed by atoms with van der Waals surface area (Å²) in [4.78, 5) is 37.8. The van der Waals surface area contributed by atoms with Gasteiger partial charge in [0.15, 0.2) is 5.58 Å². The van der Waals surface area contributed by atoms with Crippen LogP contribution in [0.5, 0.6) is 5.88 Å². The van der Waals surface area contributed by atoms with Gasteiger partial charge in [-0.15, -0.1) is 0 Å². The number of ether oxygens (including phenoxy) is 1. The van der Waals surface area contributed by atoms with E-state index in [1.807, 2.05) is 13.8 Å². The van der Waals surface area contributed by atoms with E-state index in [9.17, 15) is 9.59 Å². The lowest BCUT2D eigenvalue weighted by Gasteiger charge is -2.33. The van der Waals surface area contributed by atoms with E-state index in [0.29, 0.717) is 33.9 Å². The maximum atomic E-state index is 13.4. The SMILES string of the molecule is CC(C)Oc1ccc2oc(C(=O)Nc3ccc(Cl)cn3)c(NC(=O)C3CCC(N4CCCC4)CC3)c2n1. The van der Waals surface area contributed by atoms with Gasteiger partial charge >= 0.3 is 0 Å². The number of nitrogens with one attached hydrogen (secondary N) is 2. The van der Waals surface area contributed by atoms with E-state index in [1.165, 1.54) is 19.0 Å². The molecule has 3 aromatic rings. The molecule has 10 heteroatoms. The quantitative estimate of drug-likeness (QED) is 0.418. The number of furan rings is 1. The Morgan fingerprint density at radius 2 is 1.84 bits per heavy atom. The minimum absolute atomic E-state index is 0.0416. The maximum absolute atomic E-state index is 13.4. The van der Waals surface area contributed by atoms with Gasteiger partial charge in [-0.2, -0.15) is 0 Å². The maximum Gasteiger partial charge on any atom is 0.294 e. The zero-order valence-corrected chi connectivity index (χ0v) is 21.9. The van der Waals surface area contributed by atoms with Crippen LogP contribution in [0.15, 0.2) is 34.9 Å². The molecule has 0 bridgehead atoms. The summed E-state index contributed by atoms with van der Waals surface area (Å²) in [7, 11) is 0. The molecule has 2 N–H and O–H groups in total. The minimum Gasteiger partial charge on any atom is -0.475 e. The summed E-state index contributed by atoms with van der Waals surface area (Å²) in [5, 5.41) is 6.14. The number of carbonyl (C=O) groups excluding carboxylic acids is 2. The Kier molecular flexibility index (Phi) is 7.62. The van der Waals surface area contributed by atoms with Crippen LogP contribution in [0.3, 0.4) is 0 Å². The average Bonchev–Trinajstić information content (AvgIpc) is 3.54. The van der Waals surface area contributed by atoms with Crippen molar-refractivity contribution in [1.82, 2.24) is 14.9 Å². The number of fused-ring (bicyclic) bond motifs is 1. The van der Waals surface area contributed by atoms with Crippen molar-refractivity contribution in [3.05, 3.63) is 41.2 Å². The average molecular weight is 526 g/mol. The van der Waals surface area contributed by atoms with E-state index in [0.717, 1.165) is 38.8 Å². The third-order valence-electron chi connectivity index (χ3n) is 7.01. The second-order valence-electron chi connectivity index (χ2n) is 10.0. The van der Waals surface area contributed by atoms with Crippen molar-refractivity contribution in [2.45, 2.75) is 64.5 Å². The number of nitrogens with zero attached hydrogens (tertiary/aromatic N) is 3. The molecule has 1 saturated carbocycles. The second-order valence-corrected chi connectivity index (χ2v) is 10.5. The van der Waals surface area contributed by atoms with E-state index in [2.05, 4.69) is 25.5 Å². The number of hydrogen-bond donors (Lipinski definition) is 2. The van der Waals surface area contributed by atoms with E-state index in [4.69, 9.17) is 20.8 Å². The number of pyridine rings is 2. The molecule has 1 saturated heterocycles. The predicted octanol–water partition coefficient (Wildman–Crippen LogP) is 5.51. The molecule has 5 rings (SSSR count). The Bertz CT molecular complexity index is 1260. The number of anilines is 2.